The number of likely N-dealkylation sites (N-methyl/N-ethyl adjacent to an activating group) is 1. The van der Waals surface area contributed by atoms with E-state index in [-0.39, 0.29) is 12.3 Å². The largest absolute Gasteiger partial charge is 0.480 e. The number of amides is 1. The lowest BCUT2D eigenvalue weighted by molar-refractivity contribution is -0.142. The highest BCUT2D eigenvalue weighted by Gasteiger charge is 2.29. The molecule has 0 spiro atoms. The number of carbonyl (C=O) groups is 2. The molecule has 1 rings (SSSR count). The summed E-state index contributed by atoms with van der Waals surface area (Å²) in [6, 6.07) is 8.29. The van der Waals surface area contributed by atoms with Crippen LogP contribution in [0.25, 0.3) is 0 Å². The number of carboxylic acid groups (broad SMARTS) is 1. The molecular weight excluding hydrogens is 244 g/mol. The normalized spacial score (nSPS) is 12.8. The van der Waals surface area contributed by atoms with E-state index in [2.05, 4.69) is 10.6 Å². The van der Waals surface area contributed by atoms with Crippen molar-refractivity contribution in [3.8, 4) is 0 Å². The molecule has 0 radical (unpaired) electrons. The highest BCUT2D eigenvalue weighted by Crippen LogP contribution is 2.06. The van der Waals surface area contributed by atoms with Gasteiger partial charge in [-0.3, -0.25) is 4.79 Å². The fraction of sp³-hybridized carbons (Fsp3) is 0.429. The Hall–Kier alpha value is -1.88. The van der Waals surface area contributed by atoms with E-state index in [4.69, 9.17) is 0 Å². The van der Waals surface area contributed by atoms with Crippen LogP contribution in [0.4, 0.5) is 0 Å². The number of benzene rings is 1. The molecule has 0 unspecified atom stereocenters. The first kappa shape index (κ1) is 15.2. The molecule has 1 amide bonds. The molecule has 104 valence electrons. The molecule has 5 nitrogen and oxygen atoms in total. The Bertz CT molecular complexity index is 443. The maximum absolute atomic E-state index is 12.0. The van der Waals surface area contributed by atoms with Gasteiger partial charge in [-0.05, 0) is 26.5 Å². The number of hydrogen-bond donors (Lipinski definition) is 3. The topological polar surface area (TPSA) is 78.4 Å². The molecule has 0 fully saturated rings. The third-order valence-corrected chi connectivity index (χ3v) is 3.08. The van der Waals surface area contributed by atoms with Gasteiger partial charge in [0.15, 0.2) is 0 Å². The molecule has 0 aliphatic carbocycles. The van der Waals surface area contributed by atoms with Gasteiger partial charge >= 0.3 is 5.97 Å². The van der Waals surface area contributed by atoms with E-state index in [0.29, 0.717) is 0 Å². The van der Waals surface area contributed by atoms with Gasteiger partial charge in [-0.2, -0.15) is 0 Å². The second-order valence-electron chi connectivity index (χ2n) is 4.93. The van der Waals surface area contributed by atoms with Crippen LogP contribution < -0.4 is 10.6 Å². The summed E-state index contributed by atoms with van der Waals surface area (Å²) in [6.45, 7) is 3.40. The fourth-order valence-corrected chi connectivity index (χ4v) is 1.50. The Balaban J connectivity index is 2.75. The maximum Gasteiger partial charge on any atom is 0.326 e. The van der Waals surface area contributed by atoms with Crippen molar-refractivity contribution in [1.29, 1.82) is 0 Å². The van der Waals surface area contributed by atoms with Gasteiger partial charge in [0.1, 0.15) is 6.04 Å². The molecule has 1 atom stereocenters. The van der Waals surface area contributed by atoms with Crippen LogP contribution in [-0.2, 0) is 16.0 Å². The van der Waals surface area contributed by atoms with E-state index < -0.39 is 17.6 Å². The van der Waals surface area contributed by atoms with Gasteiger partial charge in [0.05, 0.1) is 5.54 Å². The molecule has 0 aromatic heterocycles. The Kier molecular flexibility index (Phi) is 5.06. The summed E-state index contributed by atoms with van der Waals surface area (Å²) >= 11 is 0. The standard InChI is InChI=1S/C14H20N2O3/c1-14(2,15-3)13(19)16-11(12(17)18)9-10-7-5-4-6-8-10/h4-8,11,15H,9H2,1-3H3,(H,16,19)(H,17,18)/t11-/m0/s1. The van der Waals surface area contributed by atoms with Gasteiger partial charge in [-0.25, -0.2) is 4.79 Å². The molecule has 1 aromatic carbocycles. The first-order chi connectivity index (χ1) is 8.86. The van der Waals surface area contributed by atoms with Crippen molar-refractivity contribution in [2.24, 2.45) is 0 Å². The monoisotopic (exact) mass is 264 g/mol. The lowest BCUT2D eigenvalue weighted by Crippen LogP contribution is -2.55. The highest BCUT2D eigenvalue weighted by atomic mass is 16.4. The first-order valence-electron chi connectivity index (χ1n) is 6.13. The number of carbonyl (C=O) groups excluding carboxylic acids is 1. The van der Waals surface area contributed by atoms with E-state index in [1.807, 2.05) is 30.3 Å². The maximum atomic E-state index is 12.0. The molecule has 0 saturated carbocycles. The number of carboxylic acids is 1. The average molecular weight is 264 g/mol. The highest BCUT2D eigenvalue weighted by molar-refractivity contribution is 5.89. The first-order valence-corrected chi connectivity index (χ1v) is 6.13. The third kappa shape index (κ3) is 4.37. The van der Waals surface area contributed by atoms with Gasteiger partial charge in [-0.15, -0.1) is 0 Å². The summed E-state index contributed by atoms with van der Waals surface area (Å²) < 4.78 is 0. The van der Waals surface area contributed by atoms with Crippen LogP contribution in [0, 0.1) is 0 Å². The summed E-state index contributed by atoms with van der Waals surface area (Å²) in [5, 5.41) is 14.6. The smallest absolute Gasteiger partial charge is 0.326 e. The summed E-state index contributed by atoms with van der Waals surface area (Å²) in [6.07, 6.45) is 0.266. The van der Waals surface area contributed by atoms with Crippen LogP contribution >= 0.6 is 0 Å². The molecular formula is C14H20N2O3. The lowest BCUT2D eigenvalue weighted by atomic mass is 10.0. The summed E-state index contributed by atoms with van der Waals surface area (Å²) in [5.74, 6) is -1.37. The molecule has 1 aromatic rings. The minimum absolute atomic E-state index is 0.266. The van der Waals surface area contributed by atoms with Crippen molar-refractivity contribution in [2.45, 2.75) is 31.8 Å². The van der Waals surface area contributed by atoms with Crippen LogP contribution in [0.15, 0.2) is 30.3 Å². The minimum Gasteiger partial charge on any atom is -0.480 e. The number of aliphatic carboxylic acids is 1. The summed E-state index contributed by atoms with van der Waals surface area (Å²) in [7, 11) is 1.66. The molecule has 0 saturated heterocycles. The molecule has 3 N–H and O–H groups in total. The van der Waals surface area contributed by atoms with Crippen molar-refractivity contribution in [3.63, 3.8) is 0 Å². The van der Waals surface area contributed by atoms with Crippen LogP contribution in [-0.4, -0.2) is 35.6 Å². The zero-order valence-electron chi connectivity index (χ0n) is 11.4. The molecule has 19 heavy (non-hydrogen) atoms. The van der Waals surface area contributed by atoms with Crippen LogP contribution in [0.3, 0.4) is 0 Å². The lowest BCUT2D eigenvalue weighted by Gasteiger charge is -2.25. The Labute approximate surface area is 113 Å². The Morgan fingerprint density at radius 2 is 1.84 bits per heavy atom. The quantitative estimate of drug-likeness (QED) is 0.710. The average Bonchev–Trinajstić information content (AvgIpc) is 2.38. The minimum atomic E-state index is -1.04. The van der Waals surface area contributed by atoms with Crippen molar-refractivity contribution < 1.29 is 14.7 Å². The molecule has 0 heterocycles. The van der Waals surface area contributed by atoms with Crippen LogP contribution in [0.1, 0.15) is 19.4 Å². The van der Waals surface area contributed by atoms with Crippen molar-refractivity contribution in [2.75, 3.05) is 7.05 Å². The van der Waals surface area contributed by atoms with E-state index in [1.165, 1.54) is 0 Å². The Morgan fingerprint density at radius 1 is 1.26 bits per heavy atom. The number of nitrogens with one attached hydrogen (secondary N) is 2. The van der Waals surface area contributed by atoms with Crippen LogP contribution in [0.2, 0.25) is 0 Å². The van der Waals surface area contributed by atoms with Gasteiger partial charge in [-0.1, -0.05) is 30.3 Å². The van der Waals surface area contributed by atoms with Gasteiger partial charge in [0, 0.05) is 6.42 Å². The summed E-state index contributed by atoms with van der Waals surface area (Å²) in [4.78, 5) is 23.2. The second-order valence-corrected chi connectivity index (χ2v) is 4.93. The summed E-state index contributed by atoms with van der Waals surface area (Å²) in [5.41, 5.74) is 0.0714. The van der Waals surface area contributed by atoms with E-state index >= 15 is 0 Å². The molecule has 0 bridgehead atoms. The number of hydrogen-bond acceptors (Lipinski definition) is 3. The molecule has 0 aliphatic rings. The predicted molar refractivity (Wildman–Crippen MR) is 72.9 cm³/mol. The predicted octanol–water partition coefficient (Wildman–Crippen LogP) is 0.796. The van der Waals surface area contributed by atoms with Gasteiger partial charge in [0.25, 0.3) is 0 Å². The second kappa shape index (κ2) is 6.33. The van der Waals surface area contributed by atoms with Gasteiger partial charge in [0.2, 0.25) is 5.91 Å². The Morgan fingerprint density at radius 3 is 2.32 bits per heavy atom. The molecule has 0 aliphatic heterocycles. The van der Waals surface area contributed by atoms with E-state index in [9.17, 15) is 14.7 Å². The van der Waals surface area contributed by atoms with Crippen molar-refractivity contribution in [1.82, 2.24) is 10.6 Å². The fourth-order valence-electron chi connectivity index (χ4n) is 1.50. The van der Waals surface area contributed by atoms with E-state index in [0.717, 1.165) is 5.56 Å². The van der Waals surface area contributed by atoms with Gasteiger partial charge < -0.3 is 15.7 Å². The SMILES string of the molecule is CNC(C)(C)C(=O)N[C@@H](Cc1ccccc1)C(=O)O. The van der Waals surface area contributed by atoms with Crippen molar-refractivity contribution in [3.05, 3.63) is 35.9 Å². The zero-order chi connectivity index (χ0) is 14.5. The van der Waals surface area contributed by atoms with Crippen molar-refractivity contribution >= 4 is 11.9 Å². The zero-order valence-corrected chi connectivity index (χ0v) is 11.4. The van der Waals surface area contributed by atoms with Crippen LogP contribution in [0.5, 0.6) is 0 Å². The number of rotatable bonds is 6. The molecule has 5 heteroatoms. The third-order valence-electron chi connectivity index (χ3n) is 3.08. The van der Waals surface area contributed by atoms with E-state index in [1.54, 1.807) is 20.9 Å².